The average molecular weight is 485 g/mol. The van der Waals surface area contributed by atoms with E-state index in [1.807, 2.05) is 18.2 Å². The molecule has 6 N–H and O–H groups in total. The third-order valence-corrected chi connectivity index (χ3v) is 7.22. The summed E-state index contributed by atoms with van der Waals surface area (Å²) in [6.45, 7) is 0. The summed E-state index contributed by atoms with van der Waals surface area (Å²) in [6.07, 6.45) is 10.7. The van der Waals surface area contributed by atoms with E-state index in [0.29, 0.717) is 41.2 Å². The number of aromatic amines is 1. The van der Waals surface area contributed by atoms with Crippen LogP contribution in [0, 0.1) is 11.3 Å². The molecule has 0 spiro atoms. The third-order valence-electron chi connectivity index (χ3n) is 7.22. The lowest BCUT2D eigenvalue weighted by atomic mass is 9.92. The number of aliphatic imine (C=N–C) groups is 1. The van der Waals surface area contributed by atoms with Gasteiger partial charge in [-0.2, -0.15) is 15.3 Å². The van der Waals surface area contributed by atoms with E-state index in [2.05, 4.69) is 36.5 Å². The van der Waals surface area contributed by atoms with Gasteiger partial charge in [-0.15, -0.1) is 0 Å². The second kappa shape index (κ2) is 10.6. The maximum atomic E-state index is 9.25. The molecule has 2 fully saturated rings. The van der Waals surface area contributed by atoms with Gasteiger partial charge in [-0.1, -0.05) is 25.3 Å². The SMILES string of the molecule is N#Cc1cccc(N=C(N)N(C2CCCCC2)C2CCC(c3cc(Nc4ccnc(N)n4)n[nH]3)C2)c1. The number of nitrogens with zero attached hydrogens (tertiary/aromatic N) is 6. The smallest absolute Gasteiger partial charge is 0.221 e. The fraction of sp³-hybridized carbons (Fsp3) is 0.423. The first-order chi connectivity index (χ1) is 17.6. The number of nitrogens with two attached hydrogens (primary N) is 2. The predicted molar refractivity (Wildman–Crippen MR) is 140 cm³/mol. The van der Waals surface area contributed by atoms with Crippen molar-refractivity contribution in [2.24, 2.45) is 10.7 Å². The zero-order valence-electron chi connectivity index (χ0n) is 20.3. The molecule has 5 rings (SSSR count). The molecule has 2 heterocycles. The maximum Gasteiger partial charge on any atom is 0.221 e. The highest BCUT2D eigenvalue weighted by atomic mass is 15.3. The van der Waals surface area contributed by atoms with E-state index in [9.17, 15) is 5.26 Å². The van der Waals surface area contributed by atoms with Crippen molar-refractivity contribution in [2.45, 2.75) is 69.4 Å². The number of aromatic nitrogens is 4. The molecule has 3 aromatic rings. The number of hydrogen-bond donors (Lipinski definition) is 4. The van der Waals surface area contributed by atoms with Gasteiger partial charge >= 0.3 is 0 Å². The van der Waals surface area contributed by atoms with Crippen molar-refractivity contribution in [2.75, 3.05) is 11.1 Å². The zero-order chi connectivity index (χ0) is 24.9. The fourth-order valence-electron chi connectivity index (χ4n) is 5.54. The van der Waals surface area contributed by atoms with E-state index in [-0.39, 0.29) is 5.95 Å². The predicted octanol–water partition coefficient (Wildman–Crippen LogP) is 4.31. The van der Waals surface area contributed by atoms with Crippen molar-refractivity contribution >= 4 is 29.2 Å². The normalized spacial score (nSPS) is 20.7. The molecule has 2 aromatic heterocycles. The van der Waals surface area contributed by atoms with Crippen LogP contribution in [0.2, 0.25) is 0 Å². The first kappa shape index (κ1) is 23.6. The molecule has 0 bridgehead atoms. The Balaban J connectivity index is 1.32. The Morgan fingerprint density at radius 2 is 1.94 bits per heavy atom. The summed E-state index contributed by atoms with van der Waals surface area (Å²) in [5, 5.41) is 20.1. The number of anilines is 3. The topological polar surface area (TPSA) is 158 Å². The Bertz CT molecular complexity index is 1250. The van der Waals surface area contributed by atoms with Gasteiger partial charge in [0.2, 0.25) is 5.95 Å². The lowest BCUT2D eigenvalue weighted by molar-refractivity contribution is 0.188. The minimum absolute atomic E-state index is 0.218. The highest BCUT2D eigenvalue weighted by molar-refractivity contribution is 5.82. The van der Waals surface area contributed by atoms with Gasteiger partial charge in [0, 0.05) is 36.0 Å². The number of nitrogen functional groups attached to an aromatic ring is 1. The van der Waals surface area contributed by atoms with E-state index in [1.54, 1.807) is 24.4 Å². The molecule has 0 aliphatic heterocycles. The molecule has 186 valence electrons. The zero-order valence-corrected chi connectivity index (χ0v) is 20.3. The Hall–Kier alpha value is -4.13. The number of H-pyrrole nitrogens is 1. The monoisotopic (exact) mass is 484 g/mol. The van der Waals surface area contributed by atoms with Crippen LogP contribution in [0.4, 0.5) is 23.3 Å². The average Bonchev–Trinajstić information content (AvgIpc) is 3.55. The first-order valence-electron chi connectivity index (χ1n) is 12.6. The van der Waals surface area contributed by atoms with E-state index in [4.69, 9.17) is 16.5 Å². The summed E-state index contributed by atoms with van der Waals surface area (Å²) in [5.41, 5.74) is 14.8. The van der Waals surface area contributed by atoms with Gasteiger partial charge in [-0.3, -0.25) is 5.10 Å². The van der Waals surface area contributed by atoms with Crippen LogP contribution >= 0.6 is 0 Å². The summed E-state index contributed by atoms with van der Waals surface area (Å²) < 4.78 is 0. The Labute approximate surface area is 210 Å². The summed E-state index contributed by atoms with van der Waals surface area (Å²) in [5.74, 6) is 2.44. The molecule has 36 heavy (non-hydrogen) atoms. The Kier molecular flexibility index (Phi) is 6.98. The van der Waals surface area contributed by atoms with Crippen molar-refractivity contribution in [1.29, 1.82) is 5.26 Å². The quantitative estimate of drug-likeness (QED) is 0.297. The molecular formula is C26H32N10. The van der Waals surface area contributed by atoms with Crippen molar-refractivity contribution in [3.63, 3.8) is 0 Å². The highest BCUT2D eigenvalue weighted by Crippen LogP contribution is 2.39. The van der Waals surface area contributed by atoms with Gasteiger partial charge in [-0.25, -0.2) is 9.98 Å². The maximum absolute atomic E-state index is 9.25. The second-order valence-corrected chi connectivity index (χ2v) is 9.63. The van der Waals surface area contributed by atoms with E-state index in [0.717, 1.165) is 43.5 Å². The van der Waals surface area contributed by atoms with E-state index < -0.39 is 0 Å². The van der Waals surface area contributed by atoms with Crippen molar-refractivity contribution in [3.05, 3.63) is 53.9 Å². The molecule has 0 amide bonds. The Morgan fingerprint density at radius 3 is 2.75 bits per heavy atom. The molecule has 0 saturated heterocycles. The van der Waals surface area contributed by atoms with Crippen LogP contribution in [-0.4, -0.2) is 43.1 Å². The van der Waals surface area contributed by atoms with E-state index >= 15 is 0 Å². The molecule has 2 atom stereocenters. The molecule has 1 aromatic carbocycles. The lowest BCUT2D eigenvalue weighted by Gasteiger charge is -2.39. The summed E-state index contributed by atoms with van der Waals surface area (Å²) >= 11 is 0. The first-order valence-corrected chi connectivity index (χ1v) is 12.6. The number of benzene rings is 1. The number of guanidine groups is 1. The fourth-order valence-corrected chi connectivity index (χ4v) is 5.54. The Morgan fingerprint density at radius 1 is 1.08 bits per heavy atom. The van der Waals surface area contributed by atoms with Crippen LogP contribution in [0.3, 0.4) is 0 Å². The van der Waals surface area contributed by atoms with Crippen LogP contribution in [-0.2, 0) is 0 Å². The number of rotatable bonds is 6. The summed E-state index contributed by atoms with van der Waals surface area (Å²) in [7, 11) is 0. The molecule has 2 aliphatic rings. The molecule has 2 aliphatic carbocycles. The van der Waals surface area contributed by atoms with Crippen LogP contribution in [0.15, 0.2) is 47.6 Å². The van der Waals surface area contributed by atoms with Crippen LogP contribution in [0.5, 0.6) is 0 Å². The molecule has 2 saturated carbocycles. The molecular weight excluding hydrogens is 452 g/mol. The van der Waals surface area contributed by atoms with Gasteiger partial charge in [0.1, 0.15) is 5.82 Å². The highest BCUT2D eigenvalue weighted by Gasteiger charge is 2.36. The second-order valence-electron chi connectivity index (χ2n) is 9.63. The molecule has 0 radical (unpaired) electrons. The number of nitrogens with one attached hydrogen (secondary N) is 2. The minimum atomic E-state index is 0.218. The largest absolute Gasteiger partial charge is 0.369 e. The van der Waals surface area contributed by atoms with Crippen LogP contribution in [0.1, 0.15) is 68.5 Å². The van der Waals surface area contributed by atoms with Gasteiger partial charge in [0.05, 0.1) is 17.3 Å². The molecule has 2 unspecified atom stereocenters. The third kappa shape index (κ3) is 5.40. The van der Waals surface area contributed by atoms with Crippen molar-refractivity contribution < 1.29 is 0 Å². The lowest BCUT2D eigenvalue weighted by Crippen LogP contribution is -2.50. The van der Waals surface area contributed by atoms with Crippen LogP contribution < -0.4 is 16.8 Å². The molecule has 10 heteroatoms. The van der Waals surface area contributed by atoms with Crippen LogP contribution in [0.25, 0.3) is 0 Å². The van der Waals surface area contributed by atoms with Gasteiger partial charge in [0.25, 0.3) is 0 Å². The standard InChI is InChI=1S/C26H32N10/c27-16-17-5-4-6-19(13-17)31-26(29)36(20-7-2-1-3-8-20)21-10-9-18(14-21)22-15-24(35-34-22)32-23-11-12-30-25(28)33-23/h4-6,11-13,15,18,20-21H,1-3,7-10,14H2,(H2,29,31)(H4,28,30,32,33,34,35). The number of nitriles is 1. The van der Waals surface area contributed by atoms with Crippen molar-refractivity contribution in [1.82, 2.24) is 25.1 Å². The molecule has 10 nitrogen and oxygen atoms in total. The summed E-state index contributed by atoms with van der Waals surface area (Å²) in [6, 6.07) is 14.0. The minimum Gasteiger partial charge on any atom is -0.369 e. The van der Waals surface area contributed by atoms with Crippen molar-refractivity contribution in [3.8, 4) is 6.07 Å². The van der Waals surface area contributed by atoms with Gasteiger partial charge in [0.15, 0.2) is 11.8 Å². The number of hydrogen-bond acceptors (Lipinski definition) is 7. The van der Waals surface area contributed by atoms with Gasteiger partial charge < -0.3 is 21.7 Å². The van der Waals surface area contributed by atoms with Gasteiger partial charge in [-0.05, 0) is 56.4 Å². The summed E-state index contributed by atoms with van der Waals surface area (Å²) in [4.78, 5) is 15.2. The van der Waals surface area contributed by atoms with E-state index in [1.165, 1.54) is 19.3 Å².